The highest BCUT2D eigenvalue weighted by Gasteiger charge is 2.19. The highest BCUT2D eigenvalue weighted by molar-refractivity contribution is 5.69. The molecule has 3 nitrogen and oxygen atoms in total. The molecule has 3 heteroatoms. The molecular formula is C9H16O3. The molecule has 1 heterocycles. The van der Waals surface area contributed by atoms with E-state index in [1.54, 1.807) is 6.92 Å². The van der Waals surface area contributed by atoms with E-state index >= 15 is 0 Å². The Kier molecular flexibility index (Phi) is 3.53. The first kappa shape index (κ1) is 9.52. The van der Waals surface area contributed by atoms with Gasteiger partial charge in [0, 0.05) is 6.42 Å². The van der Waals surface area contributed by atoms with Gasteiger partial charge in [-0.25, -0.2) is 0 Å². The van der Waals surface area contributed by atoms with Crippen molar-refractivity contribution in [1.82, 2.24) is 0 Å². The van der Waals surface area contributed by atoms with Crippen LogP contribution in [0.15, 0.2) is 0 Å². The molecule has 0 bridgehead atoms. The quantitative estimate of drug-likeness (QED) is 0.559. The SMILES string of the molecule is C[C@@H]1OC(=O)CCCCC[C@H]1O. The molecule has 2 atom stereocenters. The van der Waals surface area contributed by atoms with E-state index in [2.05, 4.69) is 0 Å². The fourth-order valence-corrected chi connectivity index (χ4v) is 1.38. The highest BCUT2D eigenvalue weighted by atomic mass is 16.6. The van der Waals surface area contributed by atoms with Gasteiger partial charge >= 0.3 is 5.97 Å². The van der Waals surface area contributed by atoms with Gasteiger partial charge in [0.2, 0.25) is 0 Å². The van der Waals surface area contributed by atoms with Crippen LogP contribution in [0, 0.1) is 0 Å². The molecule has 1 saturated heterocycles. The molecule has 0 saturated carbocycles. The molecule has 0 aromatic carbocycles. The second-order valence-electron chi connectivity index (χ2n) is 3.36. The number of carbonyl (C=O) groups is 1. The smallest absolute Gasteiger partial charge is 0.306 e. The van der Waals surface area contributed by atoms with Crippen molar-refractivity contribution in [3.05, 3.63) is 0 Å². The maximum absolute atomic E-state index is 11.0. The van der Waals surface area contributed by atoms with Gasteiger partial charge in [-0.3, -0.25) is 4.79 Å². The Morgan fingerprint density at radius 1 is 1.42 bits per heavy atom. The van der Waals surface area contributed by atoms with Gasteiger partial charge < -0.3 is 9.84 Å². The Morgan fingerprint density at radius 2 is 2.17 bits per heavy atom. The van der Waals surface area contributed by atoms with Gasteiger partial charge in [0.05, 0.1) is 6.10 Å². The van der Waals surface area contributed by atoms with E-state index < -0.39 is 6.10 Å². The fraction of sp³-hybridized carbons (Fsp3) is 0.889. The van der Waals surface area contributed by atoms with Gasteiger partial charge in [-0.2, -0.15) is 0 Å². The van der Waals surface area contributed by atoms with E-state index in [4.69, 9.17) is 4.74 Å². The van der Waals surface area contributed by atoms with E-state index in [1.807, 2.05) is 0 Å². The zero-order valence-corrected chi connectivity index (χ0v) is 7.45. The maximum atomic E-state index is 11.0. The molecule has 1 aliphatic rings. The summed E-state index contributed by atoms with van der Waals surface area (Å²) in [6.07, 6.45) is 3.31. The van der Waals surface area contributed by atoms with Gasteiger partial charge in [-0.15, -0.1) is 0 Å². The second-order valence-corrected chi connectivity index (χ2v) is 3.36. The molecule has 0 amide bonds. The van der Waals surface area contributed by atoms with Crippen molar-refractivity contribution < 1.29 is 14.6 Å². The third-order valence-corrected chi connectivity index (χ3v) is 2.24. The third-order valence-electron chi connectivity index (χ3n) is 2.24. The zero-order chi connectivity index (χ0) is 8.97. The summed E-state index contributed by atoms with van der Waals surface area (Å²) in [4.78, 5) is 11.0. The molecule has 1 rings (SSSR count). The minimum Gasteiger partial charge on any atom is -0.460 e. The van der Waals surface area contributed by atoms with Crippen LogP contribution in [0.3, 0.4) is 0 Å². The summed E-state index contributed by atoms with van der Waals surface area (Å²) in [5, 5.41) is 9.45. The van der Waals surface area contributed by atoms with Gasteiger partial charge in [0.25, 0.3) is 0 Å². The second kappa shape index (κ2) is 4.45. The molecule has 12 heavy (non-hydrogen) atoms. The number of carbonyl (C=O) groups excluding carboxylic acids is 1. The first-order valence-electron chi connectivity index (χ1n) is 4.57. The molecule has 1 aliphatic heterocycles. The first-order valence-corrected chi connectivity index (χ1v) is 4.57. The lowest BCUT2D eigenvalue weighted by Crippen LogP contribution is -2.27. The number of cyclic esters (lactones) is 1. The predicted molar refractivity (Wildman–Crippen MR) is 44.6 cm³/mol. The van der Waals surface area contributed by atoms with Crippen molar-refractivity contribution in [2.45, 2.75) is 51.2 Å². The van der Waals surface area contributed by atoms with Crippen LogP contribution in [-0.2, 0) is 9.53 Å². The van der Waals surface area contributed by atoms with Gasteiger partial charge in [0.1, 0.15) is 6.10 Å². The van der Waals surface area contributed by atoms with Crippen molar-refractivity contribution in [2.24, 2.45) is 0 Å². The number of hydrogen-bond donors (Lipinski definition) is 1. The molecule has 1 fully saturated rings. The molecule has 0 unspecified atom stereocenters. The minimum atomic E-state index is -0.480. The number of ether oxygens (including phenoxy) is 1. The Labute approximate surface area is 72.7 Å². The van der Waals surface area contributed by atoms with Crippen molar-refractivity contribution in [3.63, 3.8) is 0 Å². The molecular weight excluding hydrogens is 156 g/mol. The fourth-order valence-electron chi connectivity index (χ4n) is 1.38. The van der Waals surface area contributed by atoms with Crippen LogP contribution in [0.2, 0.25) is 0 Å². The lowest BCUT2D eigenvalue weighted by Gasteiger charge is -2.17. The van der Waals surface area contributed by atoms with Crippen LogP contribution in [0.25, 0.3) is 0 Å². The van der Waals surface area contributed by atoms with Crippen molar-refractivity contribution in [2.75, 3.05) is 0 Å². The van der Waals surface area contributed by atoms with E-state index in [0.29, 0.717) is 6.42 Å². The minimum absolute atomic E-state index is 0.177. The first-order chi connectivity index (χ1) is 5.70. The molecule has 0 aromatic heterocycles. The van der Waals surface area contributed by atoms with Gasteiger partial charge in [0.15, 0.2) is 0 Å². The van der Waals surface area contributed by atoms with Crippen LogP contribution in [0.5, 0.6) is 0 Å². The largest absolute Gasteiger partial charge is 0.460 e. The average molecular weight is 172 g/mol. The normalized spacial score (nSPS) is 33.0. The molecule has 0 radical (unpaired) electrons. The number of hydrogen-bond acceptors (Lipinski definition) is 3. The lowest BCUT2D eigenvalue weighted by molar-refractivity contribution is -0.153. The van der Waals surface area contributed by atoms with Crippen molar-refractivity contribution in [3.8, 4) is 0 Å². The van der Waals surface area contributed by atoms with E-state index in [0.717, 1.165) is 25.7 Å². The van der Waals surface area contributed by atoms with Crippen LogP contribution in [0.4, 0.5) is 0 Å². The van der Waals surface area contributed by atoms with E-state index in [1.165, 1.54) is 0 Å². The van der Waals surface area contributed by atoms with Crippen molar-refractivity contribution in [1.29, 1.82) is 0 Å². The molecule has 0 spiro atoms. The highest BCUT2D eigenvalue weighted by Crippen LogP contribution is 2.14. The lowest BCUT2D eigenvalue weighted by atomic mass is 10.1. The summed E-state index contributed by atoms with van der Waals surface area (Å²) in [6, 6.07) is 0. The Hall–Kier alpha value is -0.570. The molecule has 1 N–H and O–H groups in total. The van der Waals surface area contributed by atoms with Crippen LogP contribution in [-0.4, -0.2) is 23.3 Å². The topological polar surface area (TPSA) is 46.5 Å². The van der Waals surface area contributed by atoms with Gasteiger partial charge in [-0.1, -0.05) is 12.8 Å². The molecule has 0 aliphatic carbocycles. The van der Waals surface area contributed by atoms with E-state index in [-0.39, 0.29) is 12.1 Å². The third kappa shape index (κ3) is 2.81. The number of aliphatic hydroxyl groups is 1. The molecule has 70 valence electrons. The summed E-state index contributed by atoms with van der Waals surface area (Å²) >= 11 is 0. The van der Waals surface area contributed by atoms with E-state index in [9.17, 15) is 9.90 Å². The standard InChI is InChI=1S/C9H16O3/c1-7-8(10)5-3-2-4-6-9(11)12-7/h7-8,10H,2-6H2,1H3/t7-,8+/m0/s1. The zero-order valence-electron chi connectivity index (χ0n) is 7.45. The maximum Gasteiger partial charge on any atom is 0.306 e. The number of esters is 1. The van der Waals surface area contributed by atoms with Gasteiger partial charge in [-0.05, 0) is 19.8 Å². The van der Waals surface area contributed by atoms with Crippen LogP contribution < -0.4 is 0 Å². The van der Waals surface area contributed by atoms with Crippen molar-refractivity contribution >= 4 is 5.97 Å². The summed E-state index contributed by atoms with van der Waals surface area (Å²) in [6.45, 7) is 1.74. The summed E-state index contributed by atoms with van der Waals surface area (Å²) in [5.41, 5.74) is 0. The number of rotatable bonds is 0. The molecule has 0 aromatic rings. The summed E-state index contributed by atoms with van der Waals surface area (Å²) < 4.78 is 4.99. The Balaban J connectivity index is 2.46. The summed E-state index contributed by atoms with van der Waals surface area (Å²) in [5.74, 6) is -0.177. The summed E-state index contributed by atoms with van der Waals surface area (Å²) in [7, 11) is 0. The van der Waals surface area contributed by atoms with Crippen LogP contribution >= 0.6 is 0 Å². The Morgan fingerprint density at radius 3 is 2.92 bits per heavy atom. The Bertz CT molecular complexity index is 156. The van der Waals surface area contributed by atoms with Crippen LogP contribution in [0.1, 0.15) is 39.0 Å². The monoisotopic (exact) mass is 172 g/mol. The predicted octanol–water partition coefficient (Wildman–Crippen LogP) is 1.24. The number of aliphatic hydroxyl groups excluding tert-OH is 1. The average Bonchev–Trinajstić information content (AvgIpc) is 2.07.